The highest BCUT2D eigenvalue weighted by atomic mass is 35.5. The number of ether oxygens (including phenoxy) is 1. The molecular weight excluding hydrogens is 307 g/mol. The zero-order valence-electron chi connectivity index (χ0n) is 13.0. The number of Topliss-reactive ketones (excluding diaryl/α,β-unsaturated/α-hetero) is 1. The summed E-state index contributed by atoms with van der Waals surface area (Å²) in [7, 11) is 0. The Kier molecular flexibility index (Phi) is 7.31. The molecule has 2 aliphatic carbocycles. The molecule has 0 bridgehead atoms. The van der Waals surface area contributed by atoms with E-state index in [1.54, 1.807) is 0 Å². The number of halogens is 2. The second kappa shape index (κ2) is 8.74. The van der Waals surface area contributed by atoms with E-state index in [0.717, 1.165) is 31.6 Å². The van der Waals surface area contributed by atoms with E-state index in [1.807, 2.05) is 0 Å². The number of unbranched alkanes of at least 4 members (excludes halogenated alkanes) is 1. The van der Waals surface area contributed by atoms with Crippen molar-refractivity contribution in [3.8, 4) is 0 Å². The minimum absolute atomic E-state index is 0.178. The average molecular weight is 335 g/mol. The summed E-state index contributed by atoms with van der Waals surface area (Å²) in [6, 6.07) is 0. The first-order valence-electron chi connectivity index (χ1n) is 8.55. The predicted molar refractivity (Wildman–Crippen MR) is 87.7 cm³/mol. The summed E-state index contributed by atoms with van der Waals surface area (Å²) in [5.41, 5.74) is 0. The molecule has 0 radical (unpaired) electrons. The van der Waals surface area contributed by atoms with Crippen LogP contribution in [0.2, 0.25) is 0 Å². The van der Waals surface area contributed by atoms with E-state index in [-0.39, 0.29) is 6.10 Å². The van der Waals surface area contributed by atoms with Crippen LogP contribution in [-0.4, -0.2) is 16.9 Å². The maximum atomic E-state index is 11.7. The third-order valence-electron chi connectivity index (χ3n) is 5.42. The summed E-state index contributed by atoms with van der Waals surface area (Å²) in [4.78, 5) is 11.7. The van der Waals surface area contributed by atoms with Gasteiger partial charge in [0, 0.05) is 12.8 Å². The summed E-state index contributed by atoms with van der Waals surface area (Å²) in [6.45, 7) is 2.11. The average Bonchev–Trinajstić information content (AvgIpc) is 2.82. The summed E-state index contributed by atoms with van der Waals surface area (Å²) in [6.07, 6.45) is 11.5. The monoisotopic (exact) mass is 334 g/mol. The van der Waals surface area contributed by atoms with Gasteiger partial charge in [-0.15, -0.1) is 0 Å². The molecule has 0 aromatic heterocycles. The van der Waals surface area contributed by atoms with Crippen molar-refractivity contribution in [2.75, 3.05) is 0 Å². The van der Waals surface area contributed by atoms with Crippen molar-refractivity contribution in [1.29, 1.82) is 0 Å². The van der Waals surface area contributed by atoms with Crippen LogP contribution in [0.15, 0.2) is 0 Å². The highest BCUT2D eigenvalue weighted by Gasteiger charge is 2.39. The van der Waals surface area contributed by atoms with Gasteiger partial charge in [-0.1, -0.05) is 62.2 Å². The minimum Gasteiger partial charge on any atom is -0.346 e. The lowest BCUT2D eigenvalue weighted by Crippen LogP contribution is -2.24. The Bertz CT molecular complexity index is 333. The Morgan fingerprint density at radius 3 is 2.76 bits per heavy atom. The lowest BCUT2D eigenvalue weighted by molar-refractivity contribution is -0.117. The maximum absolute atomic E-state index is 11.7. The molecule has 0 aromatic carbocycles. The van der Waals surface area contributed by atoms with E-state index in [4.69, 9.17) is 27.9 Å². The molecule has 0 N–H and O–H groups in total. The van der Waals surface area contributed by atoms with E-state index in [9.17, 15) is 4.79 Å². The van der Waals surface area contributed by atoms with Gasteiger partial charge in [-0.2, -0.15) is 0 Å². The fourth-order valence-corrected chi connectivity index (χ4v) is 4.62. The standard InChI is InChI=1S/C17H28Cl2O2/c1-2-15(21-17(18)19)9-4-3-6-12-7-5-8-13-10-14(20)11-16(12)13/h12-13,15-17H,2-11H2,1H3. The molecule has 122 valence electrons. The van der Waals surface area contributed by atoms with Crippen LogP contribution in [0, 0.1) is 17.8 Å². The van der Waals surface area contributed by atoms with E-state index in [0.29, 0.717) is 17.6 Å². The van der Waals surface area contributed by atoms with Crippen LogP contribution in [-0.2, 0) is 9.53 Å². The normalized spacial score (nSPS) is 30.7. The molecule has 4 heteroatoms. The maximum Gasteiger partial charge on any atom is 0.206 e. The van der Waals surface area contributed by atoms with E-state index >= 15 is 0 Å². The molecule has 2 aliphatic rings. The van der Waals surface area contributed by atoms with Gasteiger partial charge in [-0.05, 0) is 37.0 Å². The fraction of sp³-hybridized carbons (Fsp3) is 0.941. The van der Waals surface area contributed by atoms with Crippen LogP contribution in [0.5, 0.6) is 0 Å². The molecule has 4 atom stereocenters. The quantitative estimate of drug-likeness (QED) is 0.432. The van der Waals surface area contributed by atoms with Crippen LogP contribution in [0.1, 0.15) is 71.1 Å². The van der Waals surface area contributed by atoms with Crippen LogP contribution in [0.25, 0.3) is 0 Å². The van der Waals surface area contributed by atoms with Crippen LogP contribution < -0.4 is 0 Å². The molecule has 4 unspecified atom stereocenters. The SMILES string of the molecule is CCC(CCCCC1CCCC2CC(=O)CC12)OC(Cl)Cl. The van der Waals surface area contributed by atoms with Crippen molar-refractivity contribution in [2.45, 2.75) is 82.3 Å². The number of fused-ring (bicyclic) bond motifs is 1. The van der Waals surface area contributed by atoms with Crippen LogP contribution >= 0.6 is 23.2 Å². The van der Waals surface area contributed by atoms with E-state index in [2.05, 4.69) is 6.92 Å². The number of carbonyl (C=O) groups excluding carboxylic acids is 1. The molecular formula is C17H28Cl2O2. The third kappa shape index (κ3) is 5.41. The zero-order valence-corrected chi connectivity index (χ0v) is 14.5. The van der Waals surface area contributed by atoms with Gasteiger partial charge in [-0.25, -0.2) is 0 Å². The Morgan fingerprint density at radius 2 is 2.05 bits per heavy atom. The lowest BCUT2D eigenvalue weighted by Gasteiger charge is -2.33. The van der Waals surface area contributed by atoms with Gasteiger partial charge in [0.2, 0.25) is 5.02 Å². The second-order valence-electron chi connectivity index (χ2n) is 6.77. The predicted octanol–water partition coefficient (Wildman–Crippen LogP) is 5.50. The number of alkyl halides is 2. The minimum atomic E-state index is -0.710. The molecule has 21 heavy (non-hydrogen) atoms. The zero-order chi connectivity index (χ0) is 15.2. The Morgan fingerprint density at radius 1 is 1.24 bits per heavy atom. The van der Waals surface area contributed by atoms with Crippen molar-refractivity contribution in [3.05, 3.63) is 0 Å². The van der Waals surface area contributed by atoms with Gasteiger partial charge in [0.25, 0.3) is 0 Å². The Balaban J connectivity index is 1.67. The topological polar surface area (TPSA) is 26.3 Å². The molecule has 0 aliphatic heterocycles. The van der Waals surface area contributed by atoms with Gasteiger partial charge in [-0.3, -0.25) is 4.79 Å². The largest absolute Gasteiger partial charge is 0.346 e. The highest BCUT2D eigenvalue weighted by molar-refractivity contribution is 6.43. The van der Waals surface area contributed by atoms with Gasteiger partial charge in [0.15, 0.2) is 0 Å². The number of hydrogen-bond acceptors (Lipinski definition) is 2. The molecule has 2 rings (SSSR count). The summed E-state index contributed by atoms with van der Waals surface area (Å²) in [5.74, 6) is 2.69. The van der Waals surface area contributed by atoms with Crippen molar-refractivity contribution in [3.63, 3.8) is 0 Å². The molecule has 0 amide bonds. The number of rotatable bonds is 8. The third-order valence-corrected chi connectivity index (χ3v) is 5.62. The van der Waals surface area contributed by atoms with E-state index < -0.39 is 5.02 Å². The van der Waals surface area contributed by atoms with Gasteiger partial charge < -0.3 is 4.74 Å². The van der Waals surface area contributed by atoms with Crippen molar-refractivity contribution >= 4 is 29.0 Å². The molecule has 2 fully saturated rings. The number of ketones is 1. The first kappa shape index (κ1) is 17.6. The molecule has 2 nitrogen and oxygen atoms in total. The van der Waals surface area contributed by atoms with E-state index in [1.165, 1.54) is 38.5 Å². The molecule has 0 saturated heterocycles. The Hall–Kier alpha value is 0.210. The molecule has 2 saturated carbocycles. The highest BCUT2D eigenvalue weighted by Crippen LogP contribution is 2.45. The first-order valence-corrected chi connectivity index (χ1v) is 9.42. The van der Waals surface area contributed by atoms with Gasteiger partial charge in [0.1, 0.15) is 5.78 Å². The first-order chi connectivity index (χ1) is 10.1. The summed E-state index contributed by atoms with van der Waals surface area (Å²) >= 11 is 11.3. The van der Waals surface area contributed by atoms with Gasteiger partial charge >= 0.3 is 0 Å². The summed E-state index contributed by atoms with van der Waals surface area (Å²) < 4.78 is 5.46. The Labute approximate surface area is 138 Å². The molecule has 0 aromatic rings. The molecule has 0 spiro atoms. The lowest BCUT2D eigenvalue weighted by atomic mass is 9.72. The van der Waals surface area contributed by atoms with Gasteiger partial charge in [0.05, 0.1) is 6.10 Å². The number of carbonyl (C=O) groups is 1. The smallest absolute Gasteiger partial charge is 0.206 e. The van der Waals surface area contributed by atoms with Crippen molar-refractivity contribution in [2.24, 2.45) is 17.8 Å². The van der Waals surface area contributed by atoms with Crippen LogP contribution in [0.3, 0.4) is 0 Å². The summed E-state index contributed by atoms with van der Waals surface area (Å²) in [5, 5.41) is -0.710. The fourth-order valence-electron chi connectivity index (χ4n) is 4.33. The van der Waals surface area contributed by atoms with Crippen LogP contribution in [0.4, 0.5) is 0 Å². The van der Waals surface area contributed by atoms with Crippen molar-refractivity contribution in [1.82, 2.24) is 0 Å². The van der Waals surface area contributed by atoms with Crippen molar-refractivity contribution < 1.29 is 9.53 Å². The number of hydrogen-bond donors (Lipinski definition) is 0. The second-order valence-corrected chi connectivity index (χ2v) is 7.79. The molecule has 0 heterocycles.